The van der Waals surface area contributed by atoms with Crippen LogP contribution in [0.5, 0.6) is 0 Å². The monoisotopic (exact) mass is 240 g/mol. The minimum atomic E-state index is 0.349. The number of hydrogen-bond donors (Lipinski definition) is 1. The van der Waals surface area contributed by atoms with Crippen LogP contribution in [0.2, 0.25) is 0 Å². The van der Waals surface area contributed by atoms with Crippen LogP contribution in [-0.4, -0.2) is 59.8 Å². The van der Waals surface area contributed by atoms with Crippen LogP contribution >= 0.6 is 0 Å². The fraction of sp³-hybridized carbons (Fsp3) is 1.00. The van der Waals surface area contributed by atoms with E-state index < -0.39 is 0 Å². The average molecular weight is 240 g/mol. The van der Waals surface area contributed by atoms with Gasteiger partial charge in [0.1, 0.15) is 0 Å². The molecule has 2 aliphatic heterocycles. The second-order valence-corrected chi connectivity index (χ2v) is 5.73. The molecular weight excluding hydrogens is 212 g/mol. The highest BCUT2D eigenvalue weighted by atomic mass is 16.2. The maximum Gasteiger partial charge on any atom is 0.0431 e. The molecule has 3 heteroatoms. The van der Waals surface area contributed by atoms with E-state index in [1.807, 2.05) is 0 Å². The van der Waals surface area contributed by atoms with Crippen molar-refractivity contribution in [1.82, 2.24) is 9.80 Å². The summed E-state index contributed by atoms with van der Waals surface area (Å²) in [7, 11) is 0. The van der Waals surface area contributed by atoms with Crippen LogP contribution in [0.1, 0.15) is 45.4 Å². The smallest absolute Gasteiger partial charge is 0.0431 e. The number of hydrogen-bond acceptors (Lipinski definition) is 3. The molecule has 0 saturated carbocycles. The zero-order valence-corrected chi connectivity index (χ0v) is 11.3. The summed E-state index contributed by atoms with van der Waals surface area (Å²) in [6, 6.07) is 1.67. The second-order valence-electron chi connectivity index (χ2n) is 5.73. The van der Waals surface area contributed by atoms with Gasteiger partial charge >= 0.3 is 0 Å². The van der Waals surface area contributed by atoms with Gasteiger partial charge in [-0.05, 0) is 71.6 Å². The molecule has 1 unspecified atom stereocenters. The molecule has 0 bridgehead atoms. The summed E-state index contributed by atoms with van der Waals surface area (Å²) in [4.78, 5) is 5.32. The molecule has 2 saturated heterocycles. The zero-order chi connectivity index (χ0) is 12.1. The molecule has 0 aliphatic carbocycles. The van der Waals surface area contributed by atoms with Crippen molar-refractivity contribution in [2.75, 3.05) is 32.8 Å². The maximum absolute atomic E-state index is 8.79. The number of aliphatic hydroxyl groups is 1. The second kappa shape index (κ2) is 6.72. The van der Waals surface area contributed by atoms with Crippen molar-refractivity contribution in [2.45, 2.75) is 57.5 Å². The molecule has 1 N–H and O–H groups in total. The fourth-order valence-corrected chi connectivity index (χ4v) is 3.42. The van der Waals surface area contributed by atoms with Gasteiger partial charge in [0.25, 0.3) is 0 Å². The van der Waals surface area contributed by atoms with Gasteiger partial charge in [-0.3, -0.25) is 4.90 Å². The Hall–Kier alpha value is -0.120. The SMILES string of the molecule is CC1CCCN1C1CCN(CCCCO)CC1. The van der Waals surface area contributed by atoms with Gasteiger partial charge in [0.15, 0.2) is 0 Å². The molecule has 2 aliphatic rings. The Morgan fingerprint density at radius 1 is 1.06 bits per heavy atom. The van der Waals surface area contributed by atoms with Gasteiger partial charge < -0.3 is 10.0 Å². The molecule has 2 fully saturated rings. The van der Waals surface area contributed by atoms with Gasteiger partial charge in [-0.25, -0.2) is 0 Å². The number of nitrogens with zero attached hydrogens (tertiary/aromatic N) is 2. The molecule has 3 nitrogen and oxygen atoms in total. The fourth-order valence-electron chi connectivity index (χ4n) is 3.42. The van der Waals surface area contributed by atoms with Crippen molar-refractivity contribution in [3.8, 4) is 0 Å². The Morgan fingerprint density at radius 3 is 2.41 bits per heavy atom. The highest BCUT2D eigenvalue weighted by Gasteiger charge is 2.30. The Labute approximate surface area is 106 Å². The molecule has 0 spiro atoms. The summed E-state index contributed by atoms with van der Waals surface area (Å²) < 4.78 is 0. The van der Waals surface area contributed by atoms with Gasteiger partial charge in [0.2, 0.25) is 0 Å². The van der Waals surface area contributed by atoms with E-state index in [9.17, 15) is 0 Å². The van der Waals surface area contributed by atoms with Gasteiger partial charge in [-0.1, -0.05) is 0 Å². The first-order chi connectivity index (χ1) is 8.31. The molecule has 0 radical (unpaired) electrons. The normalized spacial score (nSPS) is 28.9. The summed E-state index contributed by atoms with van der Waals surface area (Å²) in [6.07, 6.45) is 7.62. The van der Waals surface area contributed by atoms with Gasteiger partial charge in [-0.2, -0.15) is 0 Å². The molecule has 1 atom stereocenters. The third kappa shape index (κ3) is 3.67. The summed E-state index contributed by atoms with van der Waals surface area (Å²) >= 11 is 0. The van der Waals surface area contributed by atoms with Gasteiger partial charge in [0.05, 0.1) is 0 Å². The maximum atomic E-state index is 8.79. The summed E-state index contributed by atoms with van der Waals surface area (Å²) in [5.74, 6) is 0. The summed E-state index contributed by atoms with van der Waals surface area (Å²) in [5.41, 5.74) is 0. The van der Waals surface area contributed by atoms with E-state index in [2.05, 4.69) is 16.7 Å². The van der Waals surface area contributed by atoms with E-state index in [0.29, 0.717) is 6.61 Å². The Morgan fingerprint density at radius 2 is 1.82 bits per heavy atom. The molecule has 2 rings (SSSR count). The van der Waals surface area contributed by atoms with E-state index in [4.69, 9.17) is 5.11 Å². The van der Waals surface area contributed by atoms with E-state index >= 15 is 0 Å². The first-order valence-corrected chi connectivity index (χ1v) is 7.40. The van der Waals surface area contributed by atoms with Crippen LogP contribution in [0.4, 0.5) is 0 Å². The lowest BCUT2D eigenvalue weighted by molar-refractivity contribution is 0.102. The molecule has 0 aromatic heterocycles. The van der Waals surface area contributed by atoms with Crippen LogP contribution in [0.3, 0.4) is 0 Å². The van der Waals surface area contributed by atoms with Crippen LogP contribution in [0, 0.1) is 0 Å². The van der Waals surface area contributed by atoms with Crippen LogP contribution in [0.15, 0.2) is 0 Å². The number of unbranched alkanes of at least 4 members (excludes halogenated alkanes) is 1. The lowest BCUT2D eigenvalue weighted by Gasteiger charge is -2.38. The average Bonchev–Trinajstić information content (AvgIpc) is 2.77. The van der Waals surface area contributed by atoms with Gasteiger partial charge in [-0.15, -0.1) is 0 Å². The van der Waals surface area contributed by atoms with Crippen molar-refractivity contribution in [3.63, 3.8) is 0 Å². The first kappa shape index (κ1) is 13.3. The molecule has 17 heavy (non-hydrogen) atoms. The van der Waals surface area contributed by atoms with Crippen molar-refractivity contribution in [3.05, 3.63) is 0 Å². The third-order valence-corrected chi connectivity index (χ3v) is 4.51. The minimum Gasteiger partial charge on any atom is -0.396 e. The van der Waals surface area contributed by atoms with E-state index in [0.717, 1.165) is 24.9 Å². The molecule has 0 aromatic rings. The Kier molecular flexibility index (Phi) is 5.26. The minimum absolute atomic E-state index is 0.349. The molecule has 2 heterocycles. The number of aliphatic hydroxyl groups excluding tert-OH is 1. The van der Waals surface area contributed by atoms with Crippen molar-refractivity contribution in [1.29, 1.82) is 0 Å². The molecular formula is C14H28N2O. The van der Waals surface area contributed by atoms with E-state index in [1.165, 1.54) is 51.9 Å². The van der Waals surface area contributed by atoms with Crippen molar-refractivity contribution in [2.24, 2.45) is 0 Å². The van der Waals surface area contributed by atoms with E-state index in [1.54, 1.807) is 0 Å². The predicted octanol–water partition coefficient (Wildman–Crippen LogP) is 1.71. The zero-order valence-electron chi connectivity index (χ0n) is 11.3. The highest BCUT2D eigenvalue weighted by molar-refractivity contribution is 4.86. The van der Waals surface area contributed by atoms with Gasteiger partial charge in [0, 0.05) is 18.7 Å². The summed E-state index contributed by atoms with van der Waals surface area (Å²) in [5, 5.41) is 8.79. The standard InChI is InChI=1S/C14H28N2O/c1-13-5-4-9-16(13)14-6-10-15(11-7-14)8-2-3-12-17/h13-14,17H,2-12H2,1H3. The van der Waals surface area contributed by atoms with Crippen LogP contribution in [0.25, 0.3) is 0 Å². The predicted molar refractivity (Wildman–Crippen MR) is 71.2 cm³/mol. The first-order valence-electron chi connectivity index (χ1n) is 7.40. The molecule has 0 amide bonds. The van der Waals surface area contributed by atoms with Crippen LogP contribution < -0.4 is 0 Å². The van der Waals surface area contributed by atoms with E-state index in [-0.39, 0.29) is 0 Å². The third-order valence-electron chi connectivity index (χ3n) is 4.51. The number of piperidine rings is 1. The Bertz CT molecular complexity index is 214. The number of likely N-dealkylation sites (tertiary alicyclic amines) is 2. The Balaban J connectivity index is 1.67. The van der Waals surface area contributed by atoms with Crippen molar-refractivity contribution < 1.29 is 5.11 Å². The lowest BCUT2D eigenvalue weighted by Crippen LogP contribution is -2.46. The lowest BCUT2D eigenvalue weighted by atomic mass is 10.0. The highest BCUT2D eigenvalue weighted by Crippen LogP contribution is 2.25. The summed E-state index contributed by atoms with van der Waals surface area (Å²) in [6.45, 7) is 7.78. The largest absolute Gasteiger partial charge is 0.396 e. The quantitative estimate of drug-likeness (QED) is 0.741. The molecule has 100 valence electrons. The molecule has 0 aromatic carbocycles. The topological polar surface area (TPSA) is 26.7 Å². The van der Waals surface area contributed by atoms with Crippen LogP contribution in [-0.2, 0) is 0 Å². The van der Waals surface area contributed by atoms with Crippen molar-refractivity contribution >= 4 is 0 Å². The number of rotatable bonds is 5.